The molecule has 0 aromatic carbocycles. The molecule has 0 aliphatic heterocycles. The number of nitrogens with two attached hydrogens (primary N) is 1. The zero-order chi connectivity index (χ0) is 10.7. The van der Waals surface area contributed by atoms with Crippen molar-refractivity contribution in [2.75, 3.05) is 6.61 Å². The Morgan fingerprint density at radius 3 is 2.71 bits per heavy atom. The van der Waals surface area contributed by atoms with Gasteiger partial charge in [0.25, 0.3) is 5.91 Å². The highest BCUT2D eigenvalue weighted by Crippen LogP contribution is 2.11. The number of carbonyl (C=O) groups is 1. The molecule has 1 aromatic rings. The Balaban J connectivity index is 3.13. The monoisotopic (exact) mass is 198 g/mol. The summed E-state index contributed by atoms with van der Waals surface area (Å²) < 4.78 is 1.47. The molecule has 1 amide bonds. The van der Waals surface area contributed by atoms with Crippen LogP contribution in [0.1, 0.15) is 36.1 Å². The largest absolute Gasteiger partial charge is 0.396 e. The summed E-state index contributed by atoms with van der Waals surface area (Å²) in [7, 11) is 0. The van der Waals surface area contributed by atoms with Crippen molar-refractivity contribution in [2.45, 2.75) is 26.3 Å². The van der Waals surface area contributed by atoms with Crippen molar-refractivity contribution in [3.05, 3.63) is 11.4 Å². The zero-order valence-electron chi connectivity index (χ0n) is 8.27. The van der Waals surface area contributed by atoms with Gasteiger partial charge in [0.05, 0.1) is 5.69 Å². The van der Waals surface area contributed by atoms with E-state index in [-0.39, 0.29) is 18.3 Å². The van der Waals surface area contributed by atoms with Crippen molar-refractivity contribution in [2.24, 2.45) is 5.73 Å². The van der Waals surface area contributed by atoms with Crippen LogP contribution in [0, 0.1) is 0 Å². The van der Waals surface area contributed by atoms with E-state index in [4.69, 9.17) is 10.8 Å². The van der Waals surface area contributed by atoms with E-state index < -0.39 is 5.91 Å². The Morgan fingerprint density at radius 1 is 1.64 bits per heavy atom. The van der Waals surface area contributed by atoms with Gasteiger partial charge in [-0.15, -0.1) is 5.10 Å². The molecule has 6 heteroatoms. The molecule has 0 fully saturated rings. The Bertz CT molecular complexity index is 332. The molecule has 0 aliphatic rings. The van der Waals surface area contributed by atoms with Gasteiger partial charge in [-0.05, 0) is 13.8 Å². The van der Waals surface area contributed by atoms with Gasteiger partial charge in [-0.3, -0.25) is 4.79 Å². The molecule has 0 atom stereocenters. The minimum atomic E-state index is -0.563. The van der Waals surface area contributed by atoms with E-state index in [9.17, 15) is 4.79 Å². The van der Waals surface area contributed by atoms with E-state index in [1.807, 2.05) is 13.8 Å². The third-order valence-corrected chi connectivity index (χ3v) is 1.84. The number of primary amides is 1. The first-order chi connectivity index (χ1) is 6.57. The average molecular weight is 198 g/mol. The number of nitrogens with zero attached hydrogens (tertiary/aromatic N) is 3. The van der Waals surface area contributed by atoms with E-state index in [0.717, 1.165) is 0 Å². The third-order valence-electron chi connectivity index (χ3n) is 1.84. The number of aromatic nitrogens is 3. The van der Waals surface area contributed by atoms with Crippen LogP contribution in [-0.4, -0.2) is 32.6 Å². The normalized spacial score (nSPS) is 10.9. The molecule has 0 saturated heterocycles. The van der Waals surface area contributed by atoms with Crippen LogP contribution in [0.25, 0.3) is 0 Å². The molecule has 0 spiro atoms. The smallest absolute Gasteiger partial charge is 0.268 e. The first-order valence-corrected chi connectivity index (χ1v) is 4.42. The molecule has 1 rings (SSSR count). The number of amides is 1. The van der Waals surface area contributed by atoms with Crippen molar-refractivity contribution < 1.29 is 9.90 Å². The molecular formula is C8H14N4O2. The summed E-state index contributed by atoms with van der Waals surface area (Å²) in [5.74, 6) is -0.563. The molecule has 0 bridgehead atoms. The highest BCUT2D eigenvalue weighted by Gasteiger charge is 2.18. The quantitative estimate of drug-likeness (QED) is 0.681. The van der Waals surface area contributed by atoms with Crippen molar-refractivity contribution in [1.29, 1.82) is 0 Å². The number of carbonyl (C=O) groups excluding carboxylic acids is 1. The number of rotatable bonds is 4. The average Bonchev–Trinajstić information content (AvgIpc) is 2.48. The van der Waals surface area contributed by atoms with E-state index >= 15 is 0 Å². The standard InChI is InChI=1S/C8H14N4O2/c1-5(2)12-7(8(9)14)6(3-4-13)10-11-12/h5,13H,3-4H2,1-2H3,(H2,9,14). The van der Waals surface area contributed by atoms with Gasteiger partial charge >= 0.3 is 0 Å². The minimum Gasteiger partial charge on any atom is -0.396 e. The van der Waals surface area contributed by atoms with E-state index in [0.29, 0.717) is 12.1 Å². The van der Waals surface area contributed by atoms with Crippen LogP contribution < -0.4 is 5.73 Å². The van der Waals surface area contributed by atoms with Gasteiger partial charge < -0.3 is 10.8 Å². The maximum absolute atomic E-state index is 11.1. The molecule has 0 unspecified atom stereocenters. The lowest BCUT2D eigenvalue weighted by Gasteiger charge is -2.07. The second-order valence-corrected chi connectivity index (χ2v) is 3.26. The summed E-state index contributed by atoms with van der Waals surface area (Å²) >= 11 is 0. The molecule has 6 nitrogen and oxygen atoms in total. The van der Waals surface area contributed by atoms with E-state index in [1.165, 1.54) is 4.68 Å². The highest BCUT2D eigenvalue weighted by atomic mass is 16.3. The molecule has 1 heterocycles. The second-order valence-electron chi connectivity index (χ2n) is 3.26. The van der Waals surface area contributed by atoms with Crippen molar-refractivity contribution >= 4 is 5.91 Å². The van der Waals surface area contributed by atoms with Crippen molar-refractivity contribution in [3.8, 4) is 0 Å². The van der Waals surface area contributed by atoms with Crippen LogP contribution in [0.2, 0.25) is 0 Å². The molecule has 14 heavy (non-hydrogen) atoms. The fourth-order valence-electron chi connectivity index (χ4n) is 1.22. The lowest BCUT2D eigenvalue weighted by atomic mass is 10.2. The summed E-state index contributed by atoms with van der Waals surface area (Å²) in [5.41, 5.74) is 5.95. The fourth-order valence-corrected chi connectivity index (χ4v) is 1.22. The van der Waals surface area contributed by atoms with Gasteiger partial charge in [0.1, 0.15) is 5.69 Å². The van der Waals surface area contributed by atoms with Crippen LogP contribution >= 0.6 is 0 Å². The Morgan fingerprint density at radius 2 is 2.29 bits per heavy atom. The molecule has 3 N–H and O–H groups in total. The third kappa shape index (κ3) is 1.90. The SMILES string of the molecule is CC(C)n1nnc(CCO)c1C(N)=O. The Kier molecular flexibility index (Phi) is 3.19. The molecule has 0 saturated carbocycles. The number of aliphatic hydroxyl groups is 1. The Hall–Kier alpha value is -1.43. The second kappa shape index (κ2) is 4.19. The maximum Gasteiger partial charge on any atom is 0.268 e. The van der Waals surface area contributed by atoms with Gasteiger partial charge in [-0.1, -0.05) is 5.21 Å². The summed E-state index contributed by atoms with van der Waals surface area (Å²) in [6.07, 6.45) is 0.297. The first-order valence-electron chi connectivity index (χ1n) is 4.42. The van der Waals surface area contributed by atoms with Crippen LogP contribution in [0.5, 0.6) is 0 Å². The summed E-state index contributed by atoms with van der Waals surface area (Å²) in [4.78, 5) is 11.1. The van der Waals surface area contributed by atoms with Crippen LogP contribution in [0.4, 0.5) is 0 Å². The van der Waals surface area contributed by atoms with Crippen molar-refractivity contribution in [1.82, 2.24) is 15.0 Å². The lowest BCUT2D eigenvalue weighted by Crippen LogP contribution is -2.20. The molecule has 78 valence electrons. The summed E-state index contributed by atoms with van der Waals surface area (Å²) in [5, 5.41) is 16.4. The molecule has 1 aromatic heterocycles. The molecule has 0 aliphatic carbocycles. The van der Waals surface area contributed by atoms with Gasteiger partial charge in [0.2, 0.25) is 0 Å². The fraction of sp³-hybridized carbons (Fsp3) is 0.625. The lowest BCUT2D eigenvalue weighted by molar-refractivity contribution is 0.0987. The highest BCUT2D eigenvalue weighted by molar-refractivity contribution is 5.92. The number of hydrogen-bond acceptors (Lipinski definition) is 4. The van der Waals surface area contributed by atoms with Gasteiger partial charge in [-0.25, -0.2) is 4.68 Å². The van der Waals surface area contributed by atoms with Gasteiger partial charge in [0.15, 0.2) is 0 Å². The summed E-state index contributed by atoms with van der Waals surface area (Å²) in [6.45, 7) is 3.69. The first kappa shape index (κ1) is 10.6. The van der Waals surface area contributed by atoms with Crippen LogP contribution in [-0.2, 0) is 6.42 Å². The molecule has 0 radical (unpaired) electrons. The van der Waals surface area contributed by atoms with E-state index in [1.54, 1.807) is 0 Å². The number of hydrogen-bond donors (Lipinski definition) is 2. The van der Waals surface area contributed by atoms with E-state index in [2.05, 4.69) is 10.3 Å². The topological polar surface area (TPSA) is 94.0 Å². The zero-order valence-corrected chi connectivity index (χ0v) is 8.27. The minimum absolute atomic E-state index is 0.0254. The van der Waals surface area contributed by atoms with Crippen LogP contribution in [0.3, 0.4) is 0 Å². The maximum atomic E-state index is 11.1. The van der Waals surface area contributed by atoms with Crippen molar-refractivity contribution in [3.63, 3.8) is 0 Å². The van der Waals surface area contributed by atoms with Crippen LogP contribution in [0.15, 0.2) is 0 Å². The van der Waals surface area contributed by atoms with Gasteiger partial charge in [-0.2, -0.15) is 0 Å². The van der Waals surface area contributed by atoms with Gasteiger partial charge in [0, 0.05) is 19.1 Å². The summed E-state index contributed by atoms with van der Waals surface area (Å²) in [6, 6.07) is 0.0254. The predicted octanol–water partition coefficient (Wildman–Crippen LogP) is -0.507. The number of aliphatic hydroxyl groups excluding tert-OH is 1. The molecular weight excluding hydrogens is 184 g/mol. The Labute approximate surface area is 81.7 Å². The predicted molar refractivity (Wildman–Crippen MR) is 49.7 cm³/mol.